The van der Waals surface area contributed by atoms with Crippen LogP contribution in [0.4, 0.5) is 10.1 Å². The second kappa shape index (κ2) is 3.34. The van der Waals surface area contributed by atoms with Crippen molar-refractivity contribution in [2.24, 2.45) is 10.3 Å². The summed E-state index contributed by atoms with van der Waals surface area (Å²) < 4.78 is 13.3. The fourth-order valence-electron chi connectivity index (χ4n) is 1.11. The van der Waals surface area contributed by atoms with E-state index in [0.717, 1.165) is 11.1 Å². The number of amides is 1. The van der Waals surface area contributed by atoms with Gasteiger partial charge < -0.3 is 0 Å². The van der Waals surface area contributed by atoms with Crippen molar-refractivity contribution in [1.29, 1.82) is 0 Å². The Morgan fingerprint density at radius 2 is 2.29 bits per heavy atom. The smallest absolute Gasteiger partial charge is 0.270 e. The van der Waals surface area contributed by atoms with Gasteiger partial charge in [0.25, 0.3) is 5.91 Å². The van der Waals surface area contributed by atoms with Gasteiger partial charge in [-0.2, -0.15) is 10.1 Å². The summed E-state index contributed by atoms with van der Waals surface area (Å²) in [6, 6.07) is 4.00. The number of hydrogen-bond acceptors (Lipinski definition) is 3. The number of carbonyl (C=O) groups is 1. The average Bonchev–Trinajstić information content (AvgIpc) is 2.52. The van der Waals surface area contributed by atoms with E-state index in [2.05, 4.69) is 10.3 Å². The van der Waals surface area contributed by atoms with Crippen LogP contribution in [0.2, 0.25) is 5.02 Å². The Bertz CT molecular complexity index is 421. The molecule has 1 aromatic rings. The van der Waals surface area contributed by atoms with E-state index in [0.29, 0.717) is 0 Å². The van der Waals surface area contributed by atoms with Crippen molar-refractivity contribution in [2.45, 2.75) is 0 Å². The molecule has 0 bridgehead atoms. The third-order valence-electron chi connectivity index (χ3n) is 1.73. The van der Waals surface area contributed by atoms with Crippen LogP contribution in [0.3, 0.4) is 0 Å². The Morgan fingerprint density at radius 1 is 1.50 bits per heavy atom. The quantitative estimate of drug-likeness (QED) is 0.705. The van der Waals surface area contributed by atoms with Gasteiger partial charge in [0.2, 0.25) is 0 Å². The number of hydrogen-bond donors (Lipinski definition) is 0. The molecule has 0 unspecified atom stereocenters. The standard InChI is InChI=1S/C8H5ClFN3O/c9-5-1-2-7(6(10)3-5)13-8(14)4-11-12-13/h1-3H,4H2. The molecule has 0 fully saturated rings. The van der Waals surface area contributed by atoms with Crippen LogP contribution in [0.5, 0.6) is 0 Å². The minimum atomic E-state index is -0.591. The molecule has 0 aliphatic carbocycles. The Kier molecular flexibility index (Phi) is 2.17. The first-order chi connectivity index (χ1) is 6.68. The van der Waals surface area contributed by atoms with Gasteiger partial charge in [0.1, 0.15) is 12.2 Å². The van der Waals surface area contributed by atoms with Gasteiger partial charge in [0, 0.05) is 5.02 Å². The zero-order valence-corrected chi connectivity index (χ0v) is 7.70. The first kappa shape index (κ1) is 9.08. The highest BCUT2D eigenvalue weighted by atomic mass is 35.5. The molecule has 1 heterocycles. The van der Waals surface area contributed by atoms with Crippen LogP contribution < -0.4 is 5.01 Å². The highest BCUT2D eigenvalue weighted by Gasteiger charge is 2.22. The molecule has 72 valence electrons. The zero-order valence-electron chi connectivity index (χ0n) is 6.94. The molecule has 6 heteroatoms. The van der Waals surface area contributed by atoms with E-state index in [1.54, 1.807) is 0 Å². The molecule has 2 rings (SSSR count). The van der Waals surface area contributed by atoms with E-state index in [1.165, 1.54) is 12.1 Å². The van der Waals surface area contributed by atoms with E-state index in [4.69, 9.17) is 11.6 Å². The maximum atomic E-state index is 13.3. The molecule has 4 nitrogen and oxygen atoms in total. The van der Waals surface area contributed by atoms with E-state index in [1.807, 2.05) is 0 Å². The van der Waals surface area contributed by atoms with E-state index in [-0.39, 0.29) is 23.2 Å². The highest BCUT2D eigenvalue weighted by molar-refractivity contribution is 6.30. The molecule has 1 aliphatic heterocycles. The van der Waals surface area contributed by atoms with Crippen molar-refractivity contribution in [3.63, 3.8) is 0 Å². The lowest BCUT2D eigenvalue weighted by molar-refractivity contribution is -0.116. The van der Waals surface area contributed by atoms with Gasteiger partial charge in [-0.1, -0.05) is 16.8 Å². The normalized spacial score (nSPS) is 15.3. The first-order valence-electron chi connectivity index (χ1n) is 3.84. The average molecular weight is 214 g/mol. The van der Waals surface area contributed by atoms with Crippen LogP contribution in [0.15, 0.2) is 28.5 Å². The number of carbonyl (C=O) groups excluding carboxylic acids is 1. The van der Waals surface area contributed by atoms with Crippen LogP contribution in [0.1, 0.15) is 0 Å². The van der Waals surface area contributed by atoms with Crippen LogP contribution >= 0.6 is 11.6 Å². The topological polar surface area (TPSA) is 45.0 Å². The molecule has 0 saturated carbocycles. The number of nitrogens with zero attached hydrogens (tertiary/aromatic N) is 3. The van der Waals surface area contributed by atoms with Gasteiger partial charge in [0.05, 0.1) is 0 Å². The van der Waals surface area contributed by atoms with E-state index in [9.17, 15) is 9.18 Å². The zero-order chi connectivity index (χ0) is 10.1. The highest BCUT2D eigenvalue weighted by Crippen LogP contribution is 2.24. The molecule has 0 atom stereocenters. The molecule has 0 aromatic heterocycles. The second-order valence-corrected chi connectivity index (χ2v) is 3.13. The molecule has 1 amide bonds. The van der Waals surface area contributed by atoms with Crippen LogP contribution in [0, 0.1) is 5.82 Å². The number of rotatable bonds is 1. The van der Waals surface area contributed by atoms with Gasteiger partial charge in [0.15, 0.2) is 5.82 Å². The summed E-state index contributed by atoms with van der Waals surface area (Å²) in [6.45, 7) is -0.0396. The SMILES string of the molecule is O=C1CN=NN1c1ccc(Cl)cc1F. The molecular weight excluding hydrogens is 209 g/mol. The van der Waals surface area contributed by atoms with Crippen molar-refractivity contribution in [2.75, 3.05) is 11.6 Å². The minimum Gasteiger partial charge on any atom is -0.270 e. The van der Waals surface area contributed by atoms with Gasteiger partial charge in [-0.3, -0.25) is 4.79 Å². The summed E-state index contributed by atoms with van der Waals surface area (Å²) in [5, 5.41) is 8.19. The van der Waals surface area contributed by atoms with Crippen LogP contribution in [0.25, 0.3) is 0 Å². The summed E-state index contributed by atoms with van der Waals surface area (Å²) in [7, 11) is 0. The molecular formula is C8H5ClFN3O. The van der Waals surface area contributed by atoms with Crippen molar-refractivity contribution < 1.29 is 9.18 Å². The third-order valence-corrected chi connectivity index (χ3v) is 1.97. The Balaban J connectivity index is 2.41. The predicted molar refractivity (Wildman–Crippen MR) is 48.6 cm³/mol. The molecule has 1 aliphatic rings. The van der Waals surface area contributed by atoms with E-state index < -0.39 is 5.82 Å². The van der Waals surface area contributed by atoms with Crippen molar-refractivity contribution >= 4 is 23.2 Å². The number of benzene rings is 1. The lowest BCUT2D eigenvalue weighted by atomic mass is 10.3. The van der Waals surface area contributed by atoms with Gasteiger partial charge >= 0.3 is 0 Å². The Hall–Kier alpha value is -1.49. The van der Waals surface area contributed by atoms with Crippen LogP contribution in [-0.2, 0) is 4.79 Å². The van der Waals surface area contributed by atoms with Gasteiger partial charge in [-0.05, 0) is 18.2 Å². The van der Waals surface area contributed by atoms with Crippen molar-refractivity contribution in [1.82, 2.24) is 0 Å². The predicted octanol–water partition coefficient (Wildman–Crippen LogP) is 2.19. The minimum absolute atomic E-state index is 0.0396. The largest absolute Gasteiger partial charge is 0.272 e. The molecule has 0 radical (unpaired) electrons. The number of halogens is 2. The lowest BCUT2D eigenvalue weighted by Gasteiger charge is -2.10. The summed E-state index contributed by atoms with van der Waals surface area (Å²) >= 11 is 5.56. The molecule has 1 aromatic carbocycles. The summed E-state index contributed by atoms with van der Waals surface area (Å²) in [6.07, 6.45) is 0. The van der Waals surface area contributed by atoms with Crippen LogP contribution in [-0.4, -0.2) is 12.5 Å². The molecule has 0 spiro atoms. The monoisotopic (exact) mass is 213 g/mol. The summed E-state index contributed by atoms with van der Waals surface area (Å²) in [5.41, 5.74) is 0.0700. The fourth-order valence-corrected chi connectivity index (χ4v) is 1.27. The third kappa shape index (κ3) is 1.46. The summed E-state index contributed by atoms with van der Waals surface area (Å²) in [4.78, 5) is 11.2. The molecule has 14 heavy (non-hydrogen) atoms. The van der Waals surface area contributed by atoms with Crippen molar-refractivity contribution in [3.8, 4) is 0 Å². The second-order valence-electron chi connectivity index (χ2n) is 2.69. The Morgan fingerprint density at radius 3 is 2.86 bits per heavy atom. The van der Waals surface area contributed by atoms with Gasteiger partial charge in [-0.25, -0.2) is 4.39 Å². The fraction of sp³-hybridized carbons (Fsp3) is 0.125. The van der Waals surface area contributed by atoms with E-state index >= 15 is 0 Å². The molecule has 0 saturated heterocycles. The maximum Gasteiger partial charge on any atom is 0.272 e. The molecule has 0 N–H and O–H groups in total. The maximum absolute atomic E-state index is 13.3. The van der Waals surface area contributed by atoms with Crippen molar-refractivity contribution in [3.05, 3.63) is 29.0 Å². The number of anilines is 1. The first-order valence-corrected chi connectivity index (χ1v) is 4.22. The summed E-state index contributed by atoms with van der Waals surface area (Å²) in [5.74, 6) is -0.946. The lowest BCUT2D eigenvalue weighted by Crippen LogP contribution is -2.22. The Labute approximate surface area is 84.0 Å². The van der Waals surface area contributed by atoms with Gasteiger partial charge in [-0.15, -0.1) is 0 Å².